The fourth-order valence-electron chi connectivity index (χ4n) is 2.46. The van der Waals surface area contributed by atoms with Gasteiger partial charge in [-0.05, 0) is 31.9 Å². The molecular formula is C20H31IN4O2S. The highest BCUT2D eigenvalue weighted by Gasteiger charge is 2.07. The van der Waals surface area contributed by atoms with Gasteiger partial charge in [0, 0.05) is 31.1 Å². The molecule has 0 aliphatic rings. The molecule has 1 aromatic carbocycles. The molecule has 0 aliphatic carbocycles. The van der Waals surface area contributed by atoms with E-state index in [1.807, 2.05) is 6.92 Å². The van der Waals surface area contributed by atoms with Crippen molar-refractivity contribution in [3.63, 3.8) is 0 Å². The topological polar surface area (TPSA) is 67.8 Å². The van der Waals surface area contributed by atoms with Gasteiger partial charge in [0.15, 0.2) is 5.96 Å². The summed E-state index contributed by atoms with van der Waals surface area (Å²) < 4.78 is 11.2. The highest BCUT2D eigenvalue weighted by atomic mass is 127. The molecule has 2 aromatic rings. The van der Waals surface area contributed by atoms with Gasteiger partial charge < -0.3 is 20.1 Å². The Bertz CT molecular complexity index is 737. The summed E-state index contributed by atoms with van der Waals surface area (Å²) in [7, 11) is 1.77. The van der Waals surface area contributed by atoms with Crippen LogP contribution >= 0.6 is 35.3 Å². The van der Waals surface area contributed by atoms with Crippen LogP contribution in [-0.2, 0) is 24.2 Å². The number of benzene rings is 1. The van der Waals surface area contributed by atoms with Gasteiger partial charge in [0.2, 0.25) is 0 Å². The molecule has 0 atom stereocenters. The Hall–Kier alpha value is -1.39. The minimum Gasteiger partial charge on any atom is -0.491 e. The summed E-state index contributed by atoms with van der Waals surface area (Å²) in [5.41, 5.74) is 3.29. The maximum absolute atomic E-state index is 5.90. The quantitative estimate of drug-likeness (QED) is 0.216. The average Bonchev–Trinajstić information content (AvgIpc) is 3.14. The number of ether oxygens (including phenoxy) is 2. The third-order valence-electron chi connectivity index (χ3n) is 3.92. The van der Waals surface area contributed by atoms with Gasteiger partial charge in [0.1, 0.15) is 12.4 Å². The number of nitrogens with zero attached hydrogens (tertiary/aromatic N) is 2. The highest BCUT2D eigenvalue weighted by Crippen LogP contribution is 2.20. The van der Waals surface area contributed by atoms with Gasteiger partial charge in [0.05, 0.1) is 23.9 Å². The fourth-order valence-corrected chi connectivity index (χ4v) is 3.21. The third-order valence-corrected chi connectivity index (χ3v) is 4.96. The van der Waals surface area contributed by atoms with Crippen molar-refractivity contribution in [2.75, 3.05) is 26.9 Å². The molecule has 6 nitrogen and oxygen atoms in total. The molecule has 0 spiro atoms. The largest absolute Gasteiger partial charge is 0.491 e. The Morgan fingerprint density at radius 1 is 1.18 bits per heavy atom. The van der Waals surface area contributed by atoms with Crippen molar-refractivity contribution in [1.29, 1.82) is 0 Å². The lowest BCUT2D eigenvalue weighted by atomic mass is 10.1. The number of aliphatic imine (C=N–C) groups is 1. The summed E-state index contributed by atoms with van der Waals surface area (Å²) in [4.78, 5) is 8.86. The summed E-state index contributed by atoms with van der Waals surface area (Å²) in [6, 6.07) is 6.23. The minimum absolute atomic E-state index is 0. The van der Waals surface area contributed by atoms with E-state index in [1.54, 1.807) is 18.4 Å². The van der Waals surface area contributed by atoms with Gasteiger partial charge >= 0.3 is 0 Å². The molecular weight excluding hydrogens is 487 g/mol. The predicted octanol–water partition coefficient (Wildman–Crippen LogP) is 3.91. The molecule has 0 saturated heterocycles. The number of nitrogens with one attached hydrogen (secondary N) is 2. The number of thiazole rings is 1. The fraction of sp³-hybridized carbons (Fsp3) is 0.500. The second-order valence-electron chi connectivity index (χ2n) is 6.02. The van der Waals surface area contributed by atoms with Crippen molar-refractivity contribution in [3.8, 4) is 5.75 Å². The van der Waals surface area contributed by atoms with Crippen LogP contribution in [0.25, 0.3) is 0 Å². The van der Waals surface area contributed by atoms with Crippen molar-refractivity contribution < 1.29 is 9.47 Å². The van der Waals surface area contributed by atoms with Gasteiger partial charge in [-0.3, -0.25) is 4.99 Å². The lowest BCUT2D eigenvalue weighted by molar-refractivity contribution is 0.110. The van der Waals surface area contributed by atoms with E-state index in [0.717, 1.165) is 34.4 Å². The number of guanidine groups is 1. The van der Waals surface area contributed by atoms with Gasteiger partial charge in [-0.25, -0.2) is 4.98 Å². The maximum Gasteiger partial charge on any atom is 0.191 e. The first-order valence-corrected chi connectivity index (χ1v) is 10.2. The summed E-state index contributed by atoms with van der Waals surface area (Å²) in [6.07, 6.45) is 0.969. The lowest BCUT2D eigenvalue weighted by Crippen LogP contribution is -2.36. The van der Waals surface area contributed by atoms with Crippen LogP contribution in [0.2, 0.25) is 0 Å². The van der Waals surface area contributed by atoms with E-state index in [1.165, 1.54) is 5.56 Å². The molecule has 1 heterocycles. The van der Waals surface area contributed by atoms with E-state index in [4.69, 9.17) is 9.47 Å². The van der Waals surface area contributed by atoms with Crippen LogP contribution in [0.1, 0.15) is 35.7 Å². The van der Waals surface area contributed by atoms with Crippen molar-refractivity contribution >= 4 is 41.3 Å². The van der Waals surface area contributed by atoms with Crippen molar-refractivity contribution in [3.05, 3.63) is 45.4 Å². The SMILES string of the molecule is CCOCCOc1cc(C)ccc1CNC(=NC)NCc1csc(CC)n1.I. The molecule has 156 valence electrons. The summed E-state index contributed by atoms with van der Waals surface area (Å²) in [5.74, 6) is 1.62. The van der Waals surface area contributed by atoms with Crippen LogP contribution in [0, 0.1) is 6.92 Å². The number of aryl methyl sites for hydroxylation is 2. The molecule has 0 saturated carbocycles. The Morgan fingerprint density at radius 2 is 1.96 bits per heavy atom. The summed E-state index contributed by atoms with van der Waals surface area (Å²) >= 11 is 1.70. The summed E-state index contributed by atoms with van der Waals surface area (Å²) in [6.45, 7) is 9.27. The Morgan fingerprint density at radius 3 is 2.64 bits per heavy atom. The van der Waals surface area contributed by atoms with Crippen LogP contribution in [0.5, 0.6) is 5.75 Å². The summed E-state index contributed by atoms with van der Waals surface area (Å²) in [5, 5.41) is 9.89. The van der Waals surface area contributed by atoms with Crippen LogP contribution in [-0.4, -0.2) is 37.8 Å². The zero-order valence-electron chi connectivity index (χ0n) is 17.1. The average molecular weight is 518 g/mol. The predicted molar refractivity (Wildman–Crippen MR) is 127 cm³/mol. The number of hydrogen-bond donors (Lipinski definition) is 2. The normalized spacial score (nSPS) is 11.1. The first-order chi connectivity index (χ1) is 13.2. The maximum atomic E-state index is 5.90. The third kappa shape index (κ3) is 8.32. The molecule has 0 amide bonds. The van der Waals surface area contributed by atoms with Crippen LogP contribution < -0.4 is 15.4 Å². The number of aromatic nitrogens is 1. The Balaban J connectivity index is 0.00000392. The second kappa shape index (κ2) is 13.7. The van der Waals surface area contributed by atoms with E-state index in [2.05, 4.69) is 58.0 Å². The molecule has 2 N–H and O–H groups in total. The molecule has 0 radical (unpaired) electrons. The van der Waals surface area contributed by atoms with E-state index in [0.29, 0.717) is 32.9 Å². The Kier molecular flexibility index (Phi) is 12.1. The van der Waals surface area contributed by atoms with E-state index >= 15 is 0 Å². The van der Waals surface area contributed by atoms with E-state index < -0.39 is 0 Å². The smallest absolute Gasteiger partial charge is 0.191 e. The lowest BCUT2D eigenvalue weighted by Gasteiger charge is -2.15. The molecule has 0 unspecified atom stereocenters. The van der Waals surface area contributed by atoms with Gasteiger partial charge in [-0.15, -0.1) is 35.3 Å². The molecule has 0 aliphatic heterocycles. The van der Waals surface area contributed by atoms with Crippen LogP contribution in [0.4, 0.5) is 0 Å². The molecule has 0 bridgehead atoms. The van der Waals surface area contributed by atoms with E-state index in [-0.39, 0.29) is 24.0 Å². The molecule has 8 heteroatoms. The van der Waals surface area contributed by atoms with Crippen LogP contribution in [0.15, 0.2) is 28.6 Å². The number of halogens is 1. The highest BCUT2D eigenvalue weighted by molar-refractivity contribution is 14.0. The van der Waals surface area contributed by atoms with E-state index in [9.17, 15) is 0 Å². The second-order valence-corrected chi connectivity index (χ2v) is 6.96. The van der Waals surface area contributed by atoms with Crippen molar-refractivity contribution in [2.24, 2.45) is 4.99 Å². The van der Waals surface area contributed by atoms with Crippen molar-refractivity contribution in [2.45, 2.75) is 40.3 Å². The monoisotopic (exact) mass is 518 g/mol. The number of rotatable bonds is 10. The van der Waals surface area contributed by atoms with Crippen LogP contribution in [0.3, 0.4) is 0 Å². The first kappa shape index (κ1) is 24.6. The zero-order valence-corrected chi connectivity index (χ0v) is 20.2. The van der Waals surface area contributed by atoms with Gasteiger partial charge in [-0.2, -0.15) is 0 Å². The molecule has 0 fully saturated rings. The minimum atomic E-state index is 0. The zero-order chi connectivity index (χ0) is 19.5. The standard InChI is InChI=1S/C20H30N4O2S.HI/c1-5-19-24-17(14-27-19)13-23-20(21-4)22-12-16-8-7-15(3)11-18(16)26-10-9-25-6-2;/h7-8,11,14H,5-6,9-10,12-13H2,1-4H3,(H2,21,22,23);1H. The number of hydrogen-bond acceptors (Lipinski definition) is 5. The molecule has 28 heavy (non-hydrogen) atoms. The van der Waals surface area contributed by atoms with Gasteiger partial charge in [-0.1, -0.05) is 19.1 Å². The molecule has 1 aromatic heterocycles. The van der Waals surface area contributed by atoms with Crippen molar-refractivity contribution in [1.82, 2.24) is 15.6 Å². The molecule has 2 rings (SSSR count). The first-order valence-electron chi connectivity index (χ1n) is 9.34. The van der Waals surface area contributed by atoms with Gasteiger partial charge in [0.25, 0.3) is 0 Å². The Labute approximate surface area is 189 Å².